The van der Waals surface area contributed by atoms with Gasteiger partial charge in [0, 0.05) is 17.6 Å². The standard InChI is InChI=1S/C10H10N2O5S2/c1-6-11-4-7(18-6)5-12-19(15,16)9-3-2-8(17-9)10(13)14/h2-4,12H,5H2,1H3,(H,13,14). The highest BCUT2D eigenvalue weighted by atomic mass is 32.2. The van der Waals surface area contributed by atoms with Crippen molar-refractivity contribution in [3.8, 4) is 0 Å². The van der Waals surface area contributed by atoms with E-state index in [-0.39, 0.29) is 6.54 Å². The molecule has 0 unspecified atom stereocenters. The SMILES string of the molecule is Cc1ncc(CNS(=O)(=O)c2ccc(C(=O)O)o2)s1. The molecule has 0 aliphatic heterocycles. The molecule has 0 aliphatic rings. The number of aromatic carboxylic acids is 1. The van der Waals surface area contributed by atoms with Crippen molar-refractivity contribution < 1.29 is 22.7 Å². The van der Waals surface area contributed by atoms with Gasteiger partial charge in [0.25, 0.3) is 10.0 Å². The van der Waals surface area contributed by atoms with Gasteiger partial charge < -0.3 is 9.52 Å². The number of carbonyl (C=O) groups is 1. The van der Waals surface area contributed by atoms with Gasteiger partial charge in [0.1, 0.15) is 0 Å². The summed E-state index contributed by atoms with van der Waals surface area (Å²) in [6.45, 7) is 1.89. The molecule has 2 aromatic rings. The van der Waals surface area contributed by atoms with Crippen molar-refractivity contribution >= 4 is 27.3 Å². The molecule has 0 atom stereocenters. The molecular weight excluding hydrogens is 292 g/mol. The van der Waals surface area contributed by atoms with E-state index in [1.54, 1.807) is 6.20 Å². The highest BCUT2D eigenvalue weighted by Gasteiger charge is 2.20. The molecule has 0 radical (unpaired) electrons. The van der Waals surface area contributed by atoms with E-state index >= 15 is 0 Å². The smallest absolute Gasteiger partial charge is 0.371 e. The Bertz CT molecular complexity index is 701. The minimum Gasteiger partial charge on any atom is -0.475 e. The molecule has 2 rings (SSSR count). The van der Waals surface area contributed by atoms with Gasteiger partial charge in [-0.2, -0.15) is 0 Å². The van der Waals surface area contributed by atoms with Gasteiger partial charge in [-0.05, 0) is 19.1 Å². The Hall–Kier alpha value is -1.71. The zero-order valence-electron chi connectivity index (χ0n) is 9.78. The molecule has 0 saturated heterocycles. The van der Waals surface area contributed by atoms with Gasteiger partial charge in [-0.3, -0.25) is 0 Å². The van der Waals surface area contributed by atoms with Crippen LogP contribution in [0.15, 0.2) is 27.8 Å². The van der Waals surface area contributed by atoms with Crippen LogP contribution in [0.3, 0.4) is 0 Å². The predicted molar refractivity (Wildman–Crippen MR) is 66.5 cm³/mol. The number of rotatable bonds is 5. The van der Waals surface area contributed by atoms with Crippen LogP contribution in [0.1, 0.15) is 20.4 Å². The molecule has 2 heterocycles. The number of furan rings is 1. The number of hydrogen-bond acceptors (Lipinski definition) is 6. The number of thiazole rings is 1. The molecule has 0 bridgehead atoms. The van der Waals surface area contributed by atoms with Gasteiger partial charge in [0.05, 0.1) is 5.01 Å². The van der Waals surface area contributed by atoms with Crippen molar-refractivity contribution in [1.82, 2.24) is 9.71 Å². The Morgan fingerprint density at radius 2 is 2.26 bits per heavy atom. The lowest BCUT2D eigenvalue weighted by atomic mass is 10.5. The van der Waals surface area contributed by atoms with Crippen molar-refractivity contribution in [1.29, 1.82) is 0 Å². The van der Waals surface area contributed by atoms with Gasteiger partial charge in [-0.1, -0.05) is 0 Å². The van der Waals surface area contributed by atoms with Gasteiger partial charge in [-0.25, -0.2) is 22.9 Å². The molecule has 0 spiro atoms. The first-order valence-corrected chi connectivity index (χ1v) is 7.42. The van der Waals surface area contributed by atoms with Crippen molar-refractivity contribution in [2.45, 2.75) is 18.6 Å². The van der Waals surface area contributed by atoms with E-state index in [0.29, 0.717) is 0 Å². The normalized spacial score (nSPS) is 11.6. The van der Waals surface area contributed by atoms with Crippen LogP contribution >= 0.6 is 11.3 Å². The maximum Gasteiger partial charge on any atom is 0.371 e. The maximum atomic E-state index is 11.8. The molecule has 2 aromatic heterocycles. The Balaban J connectivity index is 2.11. The summed E-state index contributed by atoms with van der Waals surface area (Å²) >= 11 is 1.37. The first-order valence-electron chi connectivity index (χ1n) is 5.12. The third-order valence-corrected chi connectivity index (χ3v) is 4.35. The molecule has 19 heavy (non-hydrogen) atoms. The summed E-state index contributed by atoms with van der Waals surface area (Å²) in [6.07, 6.45) is 1.58. The van der Waals surface area contributed by atoms with Gasteiger partial charge in [-0.15, -0.1) is 11.3 Å². The minimum absolute atomic E-state index is 0.0803. The van der Waals surface area contributed by atoms with Crippen LogP contribution in [0.2, 0.25) is 0 Å². The quantitative estimate of drug-likeness (QED) is 0.859. The average molecular weight is 302 g/mol. The summed E-state index contributed by atoms with van der Waals surface area (Å²) in [5.41, 5.74) is 0. The van der Waals surface area contributed by atoms with Crippen LogP contribution < -0.4 is 4.72 Å². The van der Waals surface area contributed by atoms with Crippen LogP contribution in [0.4, 0.5) is 0 Å². The van der Waals surface area contributed by atoms with E-state index in [1.165, 1.54) is 11.3 Å². The fraction of sp³-hybridized carbons (Fsp3) is 0.200. The summed E-state index contributed by atoms with van der Waals surface area (Å²) in [6, 6.07) is 2.19. The number of nitrogens with zero attached hydrogens (tertiary/aromatic N) is 1. The van der Waals surface area contributed by atoms with Gasteiger partial charge >= 0.3 is 5.97 Å². The lowest BCUT2D eigenvalue weighted by molar-refractivity contribution is 0.0656. The minimum atomic E-state index is -3.86. The summed E-state index contributed by atoms with van der Waals surface area (Å²) in [5.74, 6) is -1.74. The second kappa shape index (κ2) is 5.11. The fourth-order valence-corrected chi connectivity index (χ4v) is 3.06. The van der Waals surface area contributed by atoms with Crippen LogP contribution in [0.25, 0.3) is 0 Å². The van der Waals surface area contributed by atoms with Crippen LogP contribution in [0, 0.1) is 6.92 Å². The molecule has 7 nitrogen and oxygen atoms in total. The largest absolute Gasteiger partial charge is 0.475 e. The highest BCUT2D eigenvalue weighted by Crippen LogP contribution is 2.16. The third kappa shape index (κ3) is 3.19. The first kappa shape index (κ1) is 13.7. The van der Waals surface area contributed by atoms with Crippen molar-refractivity contribution in [2.24, 2.45) is 0 Å². The Kier molecular flexibility index (Phi) is 3.69. The van der Waals surface area contributed by atoms with Crippen LogP contribution in [-0.2, 0) is 16.6 Å². The van der Waals surface area contributed by atoms with Crippen molar-refractivity contribution in [3.63, 3.8) is 0 Å². The summed E-state index contributed by atoms with van der Waals surface area (Å²) in [4.78, 5) is 15.4. The number of sulfonamides is 1. The molecule has 0 amide bonds. The lowest BCUT2D eigenvalue weighted by Gasteiger charge is -2.01. The van der Waals surface area contributed by atoms with Gasteiger partial charge in [0.15, 0.2) is 0 Å². The van der Waals surface area contributed by atoms with Crippen molar-refractivity contribution in [2.75, 3.05) is 0 Å². The Morgan fingerprint density at radius 1 is 1.53 bits per heavy atom. The van der Waals surface area contributed by atoms with E-state index < -0.39 is 26.8 Å². The second-order valence-corrected chi connectivity index (χ2v) is 6.61. The molecular formula is C10H10N2O5S2. The van der Waals surface area contributed by atoms with E-state index in [0.717, 1.165) is 22.0 Å². The highest BCUT2D eigenvalue weighted by molar-refractivity contribution is 7.89. The third-order valence-electron chi connectivity index (χ3n) is 2.16. The van der Waals surface area contributed by atoms with Crippen molar-refractivity contribution in [3.05, 3.63) is 34.0 Å². The predicted octanol–water partition coefficient (Wildman–Crippen LogP) is 1.22. The summed E-state index contributed by atoms with van der Waals surface area (Å²) in [7, 11) is -3.86. The van der Waals surface area contributed by atoms with E-state index in [2.05, 4.69) is 9.71 Å². The number of carboxylic acids is 1. The average Bonchev–Trinajstić information content (AvgIpc) is 2.95. The second-order valence-electron chi connectivity index (χ2n) is 3.59. The molecule has 0 saturated carbocycles. The number of carboxylic acid groups (broad SMARTS) is 1. The Morgan fingerprint density at radius 3 is 2.79 bits per heavy atom. The van der Waals surface area contributed by atoms with E-state index in [9.17, 15) is 13.2 Å². The summed E-state index contributed by atoms with van der Waals surface area (Å²) < 4.78 is 30.7. The zero-order chi connectivity index (χ0) is 14.0. The Labute approximate surface area is 113 Å². The molecule has 2 N–H and O–H groups in total. The monoisotopic (exact) mass is 302 g/mol. The lowest BCUT2D eigenvalue weighted by Crippen LogP contribution is -2.22. The maximum absolute atomic E-state index is 11.8. The van der Waals surface area contributed by atoms with Crippen LogP contribution in [0.5, 0.6) is 0 Å². The number of aromatic nitrogens is 1. The topological polar surface area (TPSA) is 110 Å². The van der Waals surface area contributed by atoms with Crippen LogP contribution in [-0.4, -0.2) is 24.5 Å². The fourth-order valence-electron chi connectivity index (χ4n) is 1.30. The molecule has 0 aliphatic carbocycles. The van der Waals surface area contributed by atoms with E-state index in [4.69, 9.17) is 9.52 Å². The molecule has 9 heteroatoms. The molecule has 102 valence electrons. The summed E-state index contributed by atoms with van der Waals surface area (Å²) in [5, 5.41) is 9.07. The number of nitrogens with one attached hydrogen (secondary N) is 1. The van der Waals surface area contributed by atoms with Gasteiger partial charge in [0.2, 0.25) is 10.9 Å². The number of aryl methyl sites for hydroxylation is 1. The first-order chi connectivity index (χ1) is 8.88. The number of hydrogen-bond donors (Lipinski definition) is 2. The molecule has 0 aromatic carbocycles. The zero-order valence-corrected chi connectivity index (χ0v) is 11.4. The molecule has 0 fully saturated rings. The van der Waals surface area contributed by atoms with E-state index in [1.807, 2.05) is 6.92 Å².